The molecule has 1 aromatic rings. The summed E-state index contributed by atoms with van der Waals surface area (Å²) in [6.45, 7) is 0. The van der Waals surface area contributed by atoms with Crippen LogP contribution in [0.1, 0.15) is 0 Å². The normalized spacial score (nSPS) is 9.11. The largest absolute Gasteiger partial charge is 0.495 e. The number of pyridine rings is 1. The Kier molecular flexibility index (Phi) is 1.63. The maximum Gasteiger partial charge on any atom is 0.145 e. The van der Waals surface area contributed by atoms with Gasteiger partial charge in [0.05, 0.1) is 19.5 Å². The van der Waals surface area contributed by atoms with Gasteiger partial charge in [-0.05, 0) is 0 Å². The lowest BCUT2D eigenvalue weighted by atomic mass is 10.4. The monoisotopic (exact) mass is 127 g/mol. The van der Waals surface area contributed by atoms with E-state index < -0.39 is 0 Å². The molecule has 1 heterocycles. The summed E-state index contributed by atoms with van der Waals surface area (Å²) in [5, 5.41) is 0. The van der Waals surface area contributed by atoms with Gasteiger partial charge in [-0.25, -0.2) is 4.39 Å². The maximum atomic E-state index is 12.2. The lowest BCUT2D eigenvalue weighted by Crippen LogP contribution is -1.84. The van der Waals surface area contributed by atoms with Gasteiger partial charge in [0, 0.05) is 6.07 Å². The zero-order valence-electron chi connectivity index (χ0n) is 4.97. The first kappa shape index (κ1) is 6.01. The molecular weight excluding hydrogens is 121 g/mol. The summed E-state index contributed by atoms with van der Waals surface area (Å²) in [6, 6.07) is 1.27. The molecule has 0 bridgehead atoms. The fourth-order valence-electron chi connectivity index (χ4n) is 0.504. The van der Waals surface area contributed by atoms with Crippen molar-refractivity contribution in [2.24, 2.45) is 0 Å². The van der Waals surface area contributed by atoms with Crippen LogP contribution in [-0.4, -0.2) is 12.1 Å². The molecule has 9 heavy (non-hydrogen) atoms. The van der Waals surface area contributed by atoms with E-state index in [1.165, 1.54) is 19.4 Å². The predicted molar refractivity (Wildman–Crippen MR) is 30.7 cm³/mol. The Morgan fingerprint density at radius 3 is 2.78 bits per heavy atom. The van der Waals surface area contributed by atoms with E-state index in [2.05, 4.69) is 4.98 Å². The molecular formula is C6H6FNO. The topological polar surface area (TPSA) is 22.1 Å². The summed E-state index contributed by atoms with van der Waals surface area (Å²) < 4.78 is 16.9. The second-order valence-electron chi connectivity index (χ2n) is 1.54. The van der Waals surface area contributed by atoms with Gasteiger partial charge in [0.15, 0.2) is 0 Å². The van der Waals surface area contributed by atoms with Crippen molar-refractivity contribution in [2.45, 2.75) is 0 Å². The van der Waals surface area contributed by atoms with Gasteiger partial charge in [-0.1, -0.05) is 0 Å². The van der Waals surface area contributed by atoms with Crippen LogP contribution in [-0.2, 0) is 0 Å². The van der Waals surface area contributed by atoms with E-state index in [1.807, 2.05) is 0 Å². The standard InChI is InChI=1S/C6H6FNO/c1-9-6-2-5(7)3-8-4-6/h2-4H,1H3. The fraction of sp³-hybridized carbons (Fsp3) is 0.167. The van der Waals surface area contributed by atoms with Crippen LogP contribution in [0.5, 0.6) is 5.75 Å². The van der Waals surface area contributed by atoms with E-state index in [9.17, 15) is 4.39 Å². The van der Waals surface area contributed by atoms with Crippen molar-refractivity contribution in [3.05, 3.63) is 24.3 Å². The minimum atomic E-state index is -0.380. The van der Waals surface area contributed by atoms with E-state index in [0.717, 1.165) is 6.20 Å². The molecule has 1 rings (SSSR count). The first-order valence-corrected chi connectivity index (χ1v) is 2.47. The second kappa shape index (κ2) is 2.44. The first-order valence-electron chi connectivity index (χ1n) is 2.47. The number of methoxy groups -OCH3 is 1. The quantitative estimate of drug-likeness (QED) is 0.566. The summed E-state index contributed by atoms with van der Waals surface area (Å²) in [5.41, 5.74) is 0. The molecule has 3 heteroatoms. The Morgan fingerprint density at radius 2 is 2.33 bits per heavy atom. The summed E-state index contributed by atoms with van der Waals surface area (Å²) in [7, 11) is 1.47. The Hall–Kier alpha value is -1.12. The van der Waals surface area contributed by atoms with Crippen molar-refractivity contribution < 1.29 is 9.13 Å². The van der Waals surface area contributed by atoms with Gasteiger partial charge in [0.1, 0.15) is 11.6 Å². The Balaban J connectivity index is 2.94. The number of hydrogen-bond acceptors (Lipinski definition) is 2. The molecule has 0 spiro atoms. The highest BCUT2D eigenvalue weighted by Crippen LogP contribution is 2.07. The van der Waals surface area contributed by atoms with Gasteiger partial charge in [-0.2, -0.15) is 0 Å². The molecule has 0 fully saturated rings. The zero-order valence-corrected chi connectivity index (χ0v) is 4.97. The highest BCUT2D eigenvalue weighted by Gasteiger charge is 1.91. The highest BCUT2D eigenvalue weighted by atomic mass is 19.1. The van der Waals surface area contributed by atoms with Crippen molar-refractivity contribution in [1.29, 1.82) is 0 Å². The number of hydrogen-bond donors (Lipinski definition) is 0. The number of aromatic nitrogens is 1. The van der Waals surface area contributed by atoms with Gasteiger partial charge in [0.2, 0.25) is 0 Å². The molecule has 0 N–H and O–H groups in total. The summed E-state index contributed by atoms with van der Waals surface area (Å²) in [6.07, 6.45) is 2.58. The van der Waals surface area contributed by atoms with Gasteiger partial charge in [-0.15, -0.1) is 0 Å². The first-order chi connectivity index (χ1) is 4.33. The number of ether oxygens (including phenoxy) is 1. The van der Waals surface area contributed by atoms with E-state index in [4.69, 9.17) is 4.74 Å². The van der Waals surface area contributed by atoms with Crippen LogP contribution < -0.4 is 4.74 Å². The smallest absolute Gasteiger partial charge is 0.145 e. The summed E-state index contributed by atoms with van der Waals surface area (Å²) >= 11 is 0. The van der Waals surface area contributed by atoms with Crippen LogP contribution in [0.25, 0.3) is 0 Å². The van der Waals surface area contributed by atoms with Crippen LogP contribution >= 0.6 is 0 Å². The van der Waals surface area contributed by atoms with E-state index >= 15 is 0 Å². The van der Waals surface area contributed by atoms with Crippen LogP contribution in [0.4, 0.5) is 4.39 Å². The predicted octanol–water partition coefficient (Wildman–Crippen LogP) is 1.23. The summed E-state index contributed by atoms with van der Waals surface area (Å²) in [5.74, 6) is 0.0596. The van der Waals surface area contributed by atoms with Crippen LogP contribution in [0.15, 0.2) is 18.5 Å². The minimum Gasteiger partial charge on any atom is -0.495 e. The Bertz CT molecular complexity index is 202. The molecule has 48 valence electrons. The van der Waals surface area contributed by atoms with Crippen LogP contribution in [0.2, 0.25) is 0 Å². The molecule has 1 aromatic heterocycles. The van der Waals surface area contributed by atoms with Crippen molar-refractivity contribution in [3.63, 3.8) is 0 Å². The third-order valence-corrected chi connectivity index (χ3v) is 0.915. The lowest BCUT2D eigenvalue weighted by Gasteiger charge is -1.95. The van der Waals surface area contributed by atoms with Crippen molar-refractivity contribution in [2.75, 3.05) is 7.11 Å². The minimum absolute atomic E-state index is 0.380. The molecule has 0 radical (unpaired) electrons. The van der Waals surface area contributed by atoms with Crippen LogP contribution in [0, 0.1) is 5.82 Å². The molecule has 0 amide bonds. The number of halogens is 1. The molecule has 0 aliphatic heterocycles. The zero-order chi connectivity index (χ0) is 6.69. The molecule has 0 saturated heterocycles. The lowest BCUT2D eigenvalue weighted by molar-refractivity contribution is 0.409. The van der Waals surface area contributed by atoms with Crippen molar-refractivity contribution >= 4 is 0 Å². The summed E-state index contributed by atoms with van der Waals surface area (Å²) in [4.78, 5) is 3.56. The van der Waals surface area contributed by atoms with Gasteiger partial charge < -0.3 is 4.74 Å². The van der Waals surface area contributed by atoms with Gasteiger partial charge in [-0.3, -0.25) is 4.98 Å². The second-order valence-corrected chi connectivity index (χ2v) is 1.54. The molecule has 0 aliphatic carbocycles. The molecule has 0 aliphatic rings. The van der Waals surface area contributed by atoms with Crippen LogP contribution in [0.3, 0.4) is 0 Å². The SMILES string of the molecule is COc1cncc(F)c1. The van der Waals surface area contributed by atoms with E-state index in [0.29, 0.717) is 5.75 Å². The third kappa shape index (κ3) is 1.38. The highest BCUT2D eigenvalue weighted by molar-refractivity contribution is 5.16. The number of rotatable bonds is 1. The molecule has 0 atom stereocenters. The third-order valence-electron chi connectivity index (χ3n) is 0.915. The van der Waals surface area contributed by atoms with Crippen molar-refractivity contribution in [3.8, 4) is 5.75 Å². The number of nitrogens with zero attached hydrogens (tertiary/aromatic N) is 1. The Labute approximate surface area is 52.3 Å². The Morgan fingerprint density at radius 1 is 1.56 bits per heavy atom. The maximum absolute atomic E-state index is 12.2. The van der Waals surface area contributed by atoms with Gasteiger partial charge >= 0.3 is 0 Å². The fourth-order valence-corrected chi connectivity index (χ4v) is 0.504. The average molecular weight is 127 g/mol. The molecule has 0 aromatic carbocycles. The van der Waals surface area contributed by atoms with Gasteiger partial charge in [0.25, 0.3) is 0 Å². The molecule has 0 unspecified atom stereocenters. The molecule has 2 nitrogen and oxygen atoms in total. The molecule has 0 saturated carbocycles. The van der Waals surface area contributed by atoms with E-state index in [-0.39, 0.29) is 5.82 Å². The van der Waals surface area contributed by atoms with E-state index in [1.54, 1.807) is 0 Å². The van der Waals surface area contributed by atoms with Crippen molar-refractivity contribution in [1.82, 2.24) is 4.98 Å². The average Bonchev–Trinajstić information content (AvgIpc) is 1.88.